The predicted molar refractivity (Wildman–Crippen MR) is 109 cm³/mol. The zero-order chi connectivity index (χ0) is 19.8. The maximum atomic E-state index is 12.6. The van der Waals surface area contributed by atoms with Crippen LogP contribution in [0.3, 0.4) is 0 Å². The largest absolute Gasteiger partial charge is 0.339 e. The first-order valence-corrected chi connectivity index (χ1v) is 9.74. The summed E-state index contributed by atoms with van der Waals surface area (Å²) in [6.07, 6.45) is 0.390. The van der Waals surface area contributed by atoms with Gasteiger partial charge >= 0.3 is 0 Å². The number of rotatable bonds is 4. The van der Waals surface area contributed by atoms with Gasteiger partial charge in [0.05, 0.1) is 5.92 Å². The Hall–Kier alpha value is -2.95. The van der Waals surface area contributed by atoms with Crippen LogP contribution >= 0.6 is 0 Å². The molecule has 1 aromatic heterocycles. The van der Waals surface area contributed by atoms with E-state index >= 15 is 0 Å². The standard InChI is InChI=1S/C23H25N3O2/c1-14(2)17-6-8-18(9-7-17)22-24-23(28-25-22)19-12-21(27)26(13-19)20-10-5-15(3)16(4)11-20/h5-11,14,19H,12-13H2,1-4H3. The average Bonchev–Trinajstić information content (AvgIpc) is 3.31. The molecular weight excluding hydrogens is 350 g/mol. The molecule has 1 amide bonds. The first-order valence-electron chi connectivity index (χ1n) is 9.74. The Bertz CT molecular complexity index is 1000. The second-order valence-corrected chi connectivity index (χ2v) is 7.91. The summed E-state index contributed by atoms with van der Waals surface area (Å²) in [7, 11) is 0. The lowest BCUT2D eigenvalue weighted by Crippen LogP contribution is -2.24. The third kappa shape index (κ3) is 3.44. The lowest BCUT2D eigenvalue weighted by Gasteiger charge is -2.17. The number of hydrogen-bond donors (Lipinski definition) is 0. The van der Waals surface area contributed by atoms with Gasteiger partial charge in [-0.15, -0.1) is 0 Å². The fraction of sp³-hybridized carbons (Fsp3) is 0.348. The fourth-order valence-corrected chi connectivity index (χ4v) is 3.55. The minimum atomic E-state index is -0.0784. The molecule has 0 bridgehead atoms. The molecule has 2 aromatic carbocycles. The Morgan fingerprint density at radius 2 is 1.82 bits per heavy atom. The Labute approximate surface area is 165 Å². The van der Waals surface area contributed by atoms with Crippen molar-refractivity contribution in [3.63, 3.8) is 0 Å². The topological polar surface area (TPSA) is 59.2 Å². The van der Waals surface area contributed by atoms with Crippen LogP contribution in [0.15, 0.2) is 47.0 Å². The normalized spacial score (nSPS) is 17.0. The molecule has 1 aliphatic heterocycles. The van der Waals surface area contributed by atoms with E-state index in [9.17, 15) is 4.79 Å². The summed E-state index contributed by atoms with van der Waals surface area (Å²) in [5.74, 6) is 1.60. The highest BCUT2D eigenvalue weighted by Crippen LogP contribution is 2.32. The molecule has 4 rings (SSSR count). The van der Waals surface area contributed by atoms with E-state index in [1.54, 1.807) is 0 Å². The molecular formula is C23H25N3O2. The van der Waals surface area contributed by atoms with Gasteiger partial charge in [-0.05, 0) is 48.6 Å². The molecule has 0 saturated carbocycles. The van der Waals surface area contributed by atoms with Gasteiger partial charge < -0.3 is 9.42 Å². The van der Waals surface area contributed by atoms with Crippen LogP contribution in [-0.4, -0.2) is 22.6 Å². The van der Waals surface area contributed by atoms with E-state index in [0.717, 1.165) is 11.3 Å². The molecule has 1 aliphatic rings. The zero-order valence-corrected chi connectivity index (χ0v) is 16.8. The summed E-state index contributed by atoms with van der Waals surface area (Å²) >= 11 is 0. The van der Waals surface area contributed by atoms with Gasteiger partial charge in [0, 0.05) is 24.2 Å². The summed E-state index contributed by atoms with van der Waals surface area (Å²) in [5.41, 5.74) is 5.53. The maximum absolute atomic E-state index is 12.6. The van der Waals surface area contributed by atoms with Crippen molar-refractivity contribution in [2.24, 2.45) is 0 Å². The molecule has 144 valence electrons. The second kappa shape index (κ2) is 7.23. The Kier molecular flexibility index (Phi) is 4.75. The van der Waals surface area contributed by atoms with Gasteiger partial charge in [-0.2, -0.15) is 4.98 Å². The summed E-state index contributed by atoms with van der Waals surface area (Å²) < 4.78 is 5.52. The monoisotopic (exact) mass is 375 g/mol. The third-order valence-corrected chi connectivity index (χ3v) is 5.55. The highest BCUT2D eigenvalue weighted by Gasteiger charge is 2.35. The minimum absolute atomic E-state index is 0.0784. The van der Waals surface area contributed by atoms with Gasteiger partial charge in [0.1, 0.15) is 0 Å². The average molecular weight is 375 g/mol. The Morgan fingerprint density at radius 3 is 2.50 bits per heavy atom. The van der Waals surface area contributed by atoms with E-state index in [4.69, 9.17) is 4.52 Å². The van der Waals surface area contributed by atoms with Gasteiger partial charge in [-0.1, -0.05) is 49.3 Å². The molecule has 3 aromatic rings. The predicted octanol–water partition coefficient (Wildman–Crippen LogP) is 5.00. The first-order chi connectivity index (χ1) is 13.4. The summed E-state index contributed by atoms with van der Waals surface area (Å²) in [6.45, 7) is 9.03. The van der Waals surface area contributed by atoms with Crippen molar-refractivity contribution in [1.82, 2.24) is 10.1 Å². The molecule has 0 radical (unpaired) electrons. The van der Waals surface area contributed by atoms with Crippen LogP contribution in [0.5, 0.6) is 0 Å². The third-order valence-electron chi connectivity index (χ3n) is 5.55. The maximum Gasteiger partial charge on any atom is 0.232 e. The summed E-state index contributed by atoms with van der Waals surface area (Å²) in [6, 6.07) is 14.3. The smallest absolute Gasteiger partial charge is 0.232 e. The van der Waals surface area contributed by atoms with E-state index in [-0.39, 0.29) is 11.8 Å². The molecule has 5 nitrogen and oxygen atoms in total. The quantitative estimate of drug-likeness (QED) is 0.644. The van der Waals surface area contributed by atoms with E-state index in [1.807, 2.05) is 23.1 Å². The van der Waals surface area contributed by atoms with Crippen molar-refractivity contribution < 1.29 is 9.32 Å². The molecule has 1 atom stereocenters. The number of anilines is 1. The number of carbonyl (C=O) groups excluding carboxylic acids is 1. The highest BCUT2D eigenvalue weighted by atomic mass is 16.5. The molecule has 1 saturated heterocycles. The lowest BCUT2D eigenvalue weighted by atomic mass is 10.0. The van der Waals surface area contributed by atoms with Gasteiger partial charge in [-0.25, -0.2) is 0 Å². The SMILES string of the molecule is Cc1ccc(N2CC(c3nc(-c4ccc(C(C)C)cc4)no3)CC2=O)cc1C. The first kappa shape index (κ1) is 18.4. The van der Waals surface area contributed by atoms with E-state index < -0.39 is 0 Å². The van der Waals surface area contributed by atoms with Crippen molar-refractivity contribution in [3.8, 4) is 11.4 Å². The minimum Gasteiger partial charge on any atom is -0.339 e. The molecule has 1 unspecified atom stereocenters. The molecule has 0 N–H and O–H groups in total. The van der Waals surface area contributed by atoms with Crippen LogP contribution < -0.4 is 4.90 Å². The zero-order valence-electron chi connectivity index (χ0n) is 16.8. The van der Waals surface area contributed by atoms with E-state index in [1.165, 1.54) is 16.7 Å². The number of benzene rings is 2. The van der Waals surface area contributed by atoms with Gasteiger partial charge in [0.15, 0.2) is 0 Å². The van der Waals surface area contributed by atoms with Crippen molar-refractivity contribution in [2.75, 3.05) is 11.4 Å². The van der Waals surface area contributed by atoms with Crippen molar-refractivity contribution in [2.45, 2.75) is 46.0 Å². The highest BCUT2D eigenvalue weighted by molar-refractivity contribution is 5.96. The van der Waals surface area contributed by atoms with Crippen molar-refractivity contribution in [3.05, 3.63) is 65.0 Å². The molecule has 0 aliphatic carbocycles. The second-order valence-electron chi connectivity index (χ2n) is 7.91. The van der Waals surface area contributed by atoms with E-state index in [2.05, 4.69) is 62.1 Å². The van der Waals surface area contributed by atoms with Crippen molar-refractivity contribution >= 4 is 11.6 Å². The number of carbonyl (C=O) groups is 1. The number of nitrogens with zero attached hydrogens (tertiary/aromatic N) is 3. The van der Waals surface area contributed by atoms with Crippen LogP contribution in [0, 0.1) is 13.8 Å². The Balaban J connectivity index is 1.53. The van der Waals surface area contributed by atoms with Crippen molar-refractivity contribution in [1.29, 1.82) is 0 Å². The van der Waals surface area contributed by atoms with Crippen LogP contribution in [0.4, 0.5) is 5.69 Å². The van der Waals surface area contributed by atoms with Crippen LogP contribution in [0.25, 0.3) is 11.4 Å². The fourth-order valence-electron chi connectivity index (χ4n) is 3.55. The molecule has 2 heterocycles. The summed E-state index contributed by atoms with van der Waals surface area (Å²) in [5, 5.41) is 4.14. The van der Waals surface area contributed by atoms with Gasteiger partial charge in [-0.3, -0.25) is 4.79 Å². The molecule has 1 fully saturated rings. The number of aromatic nitrogens is 2. The number of amides is 1. The molecule has 28 heavy (non-hydrogen) atoms. The number of hydrogen-bond acceptors (Lipinski definition) is 4. The van der Waals surface area contributed by atoms with Crippen LogP contribution in [0.2, 0.25) is 0 Å². The Morgan fingerprint density at radius 1 is 1.07 bits per heavy atom. The van der Waals surface area contributed by atoms with Gasteiger partial charge in [0.2, 0.25) is 17.6 Å². The molecule has 5 heteroatoms. The van der Waals surface area contributed by atoms with Gasteiger partial charge in [0.25, 0.3) is 0 Å². The number of aryl methyl sites for hydroxylation is 2. The van der Waals surface area contributed by atoms with Crippen LogP contribution in [-0.2, 0) is 4.79 Å². The van der Waals surface area contributed by atoms with Crippen LogP contribution in [0.1, 0.15) is 54.7 Å². The lowest BCUT2D eigenvalue weighted by molar-refractivity contribution is -0.117. The van der Waals surface area contributed by atoms with E-state index in [0.29, 0.717) is 30.6 Å². The molecule has 0 spiro atoms. The summed E-state index contributed by atoms with van der Waals surface area (Å²) in [4.78, 5) is 19.0.